The molecule has 2 rings (SSSR count). The summed E-state index contributed by atoms with van der Waals surface area (Å²) in [6, 6.07) is 7.16. The number of rotatable bonds is 7. The largest absolute Gasteiger partial charge is 0.378 e. The van der Waals surface area contributed by atoms with Crippen molar-refractivity contribution in [2.24, 2.45) is 11.1 Å². The van der Waals surface area contributed by atoms with Crippen LogP contribution in [0.5, 0.6) is 0 Å². The van der Waals surface area contributed by atoms with E-state index in [0.717, 1.165) is 5.56 Å². The fourth-order valence-corrected chi connectivity index (χ4v) is 3.30. The highest BCUT2D eigenvalue weighted by Crippen LogP contribution is 2.49. The van der Waals surface area contributed by atoms with Crippen LogP contribution in [0.2, 0.25) is 0 Å². The van der Waals surface area contributed by atoms with Gasteiger partial charge in [0.05, 0.1) is 6.10 Å². The van der Waals surface area contributed by atoms with Crippen LogP contribution in [0.1, 0.15) is 46.6 Å². The second-order valence-corrected chi connectivity index (χ2v) is 7.97. The lowest BCUT2D eigenvalue weighted by atomic mass is 9.54. The SMILES string of the molecule is CCOC1CC(N)(C(=O)NCc2ccc(NC(=O)NC(C)C)cc2)C1(C)C. The molecule has 5 N–H and O–H groups in total. The average molecular weight is 377 g/mol. The van der Waals surface area contributed by atoms with E-state index in [9.17, 15) is 9.59 Å². The Morgan fingerprint density at radius 3 is 2.41 bits per heavy atom. The van der Waals surface area contributed by atoms with Gasteiger partial charge >= 0.3 is 6.03 Å². The van der Waals surface area contributed by atoms with Crippen LogP contribution < -0.4 is 21.7 Å². The first-order chi connectivity index (χ1) is 12.6. The first-order valence-electron chi connectivity index (χ1n) is 9.45. The van der Waals surface area contributed by atoms with Crippen molar-refractivity contribution in [2.75, 3.05) is 11.9 Å². The van der Waals surface area contributed by atoms with Crippen LogP contribution in [0.4, 0.5) is 10.5 Å². The smallest absolute Gasteiger partial charge is 0.319 e. The standard InChI is InChI=1S/C20H32N4O3/c1-6-27-16-11-20(21,19(16,4)5)17(25)22-12-14-7-9-15(10-8-14)24-18(26)23-13(2)3/h7-10,13,16H,6,11-12,21H2,1-5H3,(H,22,25)(H2,23,24,26). The van der Waals surface area contributed by atoms with E-state index in [-0.39, 0.29) is 24.1 Å². The molecule has 1 aliphatic carbocycles. The number of benzene rings is 1. The van der Waals surface area contributed by atoms with Crippen LogP contribution >= 0.6 is 0 Å². The molecule has 1 saturated carbocycles. The fraction of sp³-hybridized carbons (Fsp3) is 0.600. The van der Waals surface area contributed by atoms with Gasteiger partial charge < -0.3 is 26.4 Å². The molecule has 3 amide bonds. The molecule has 2 atom stereocenters. The van der Waals surface area contributed by atoms with Gasteiger partial charge in [0.1, 0.15) is 5.54 Å². The normalized spacial score (nSPS) is 23.4. The third-order valence-electron chi connectivity index (χ3n) is 5.32. The van der Waals surface area contributed by atoms with Gasteiger partial charge in [-0.25, -0.2) is 4.79 Å². The summed E-state index contributed by atoms with van der Waals surface area (Å²) in [5, 5.41) is 8.46. The maximum absolute atomic E-state index is 12.6. The zero-order valence-corrected chi connectivity index (χ0v) is 16.9. The molecular formula is C20H32N4O3. The van der Waals surface area contributed by atoms with Gasteiger partial charge in [0, 0.05) is 36.7 Å². The van der Waals surface area contributed by atoms with E-state index in [1.54, 1.807) is 12.1 Å². The van der Waals surface area contributed by atoms with Crippen molar-refractivity contribution < 1.29 is 14.3 Å². The minimum Gasteiger partial charge on any atom is -0.378 e. The van der Waals surface area contributed by atoms with Crippen molar-refractivity contribution in [2.45, 2.75) is 65.3 Å². The van der Waals surface area contributed by atoms with E-state index in [1.165, 1.54) is 0 Å². The summed E-state index contributed by atoms with van der Waals surface area (Å²) in [4.78, 5) is 24.3. The van der Waals surface area contributed by atoms with Crippen LogP contribution in [-0.4, -0.2) is 36.2 Å². The molecule has 1 fully saturated rings. The first kappa shape index (κ1) is 21.2. The molecular weight excluding hydrogens is 344 g/mol. The average Bonchev–Trinajstić information content (AvgIpc) is 2.59. The zero-order valence-electron chi connectivity index (χ0n) is 16.9. The quantitative estimate of drug-likeness (QED) is 0.586. The Balaban J connectivity index is 1.88. The van der Waals surface area contributed by atoms with Crippen molar-refractivity contribution >= 4 is 17.6 Å². The molecule has 2 unspecified atom stereocenters. The van der Waals surface area contributed by atoms with Crippen molar-refractivity contribution in [3.05, 3.63) is 29.8 Å². The fourth-order valence-electron chi connectivity index (χ4n) is 3.30. The van der Waals surface area contributed by atoms with Crippen LogP contribution in [0, 0.1) is 5.41 Å². The van der Waals surface area contributed by atoms with E-state index in [2.05, 4.69) is 16.0 Å². The number of ether oxygens (including phenoxy) is 1. The summed E-state index contributed by atoms with van der Waals surface area (Å²) in [5.41, 5.74) is 6.67. The van der Waals surface area contributed by atoms with Gasteiger partial charge in [0.2, 0.25) is 5.91 Å². The van der Waals surface area contributed by atoms with Crippen LogP contribution in [0.15, 0.2) is 24.3 Å². The highest BCUT2D eigenvalue weighted by molar-refractivity contribution is 5.89. The molecule has 7 nitrogen and oxygen atoms in total. The lowest BCUT2D eigenvalue weighted by Gasteiger charge is -2.57. The summed E-state index contributed by atoms with van der Waals surface area (Å²) in [6.45, 7) is 10.7. The number of hydrogen-bond acceptors (Lipinski definition) is 4. The van der Waals surface area contributed by atoms with Crippen LogP contribution in [-0.2, 0) is 16.1 Å². The number of urea groups is 1. The third-order valence-corrected chi connectivity index (χ3v) is 5.32. The second kappa shape index (κ2) is 8.27. The van der Waals surface area contributed by atoms with Gasteiger partial charge in [-0.2, -0.15) is 0 Å². The van der Waals surface area contributed by atoms with Gasteiger partial charge in [0.25, 0.3) is 0 Å². The molecule has 0 bridgehead atoms. The molecule has 0 spiro atoms. The maximum atomic E-state index is 12.6. The van der Waals surface area contributed by atoms with Crippen LogP contribution in [0.3, 0.4) is 0 Å². The number of nitrogens with two attached hydrogens (primary N) is 1. The first-order valence-corrected chi connectivity index (χ1v) is 9.45. The van der Waals surface area contributed by atoms with Crippen LogP contribution in [0.25, 0.3) is 0 Å². The van der Waals surface area contributed by atoms with Crippen molar-refractivity contribution in [1.29, 1.82) is 0 Å². The Hall–Kier alpha value is -2.12. The molecule has 27 heavy (non-hydrogen) atoms. The molecule has 150 valence electrons. The topological polar surface area (TPSA) is 105 Å². The summed E-state index contributed by atoms with van der Waals surface area (Å²) in [6.07, 6.45) is 0.522. The van der Waals surface area contributed by atoms with E-state index in [4.69, 9.17) is 10.5 Å². The molecule has 0 saturated heterocycles. The number of amides is 3. The Labute approximate surface area is 161 Å². The minimum absolute atomic E-state index is 0.000549. The lowest BCUT2D eigenvalue weighted by Crippen LogP contribution is -2.75. The molecule has 7 heteroatoms. The van der Waals surface area contributed by atoms with E-state index in [1.807, 2.05) is 46.8 Å². The summed E-state index contributed by atoms with van der Waals surface area (Å²) < 4.78 is 5.67. The highest BCUT2D eigenvalue weighted by atomic mass is 16.5. The van der Waals surface area contributed by atoms with Gasteiger partial charge in [0.15, 0.2) is 0 Å². The highest BCUT2D eigenvalue weighted by Gasteiger charge is 2.62. The number of nitrogens with one attached hydrogen (secondary N) is 3. The summed E-state index contributed by atoms with van der Waals surface area (Å²) in [7, 11) is 0. The number of anilines is 1. The third kappa shape index (κ3) is 4.59. The lowest BCUT2D eigenvalue weighted by molar-refractivity contribution is -0.170. The Bertz CT molecular complexity index is 672. The predicted octanol–water partition coefficient (Wildman–Crippen LogP) is 2.37. The number of carbonyl (C=O) groups excluding carboxylic acids is 2. The van der Waals surface area contributed by atoms with Crippen molar-refractivity contribution in [1.82, 2.24) is 10.6 Å². The van der Waals surface area contributed by atoms with Crippen molar-refractivity contribution in [3.63, 3.8) is 0 Å². The van der Waals surface area contributed by atoms with Gasteiger partial charge in [-0.3, -0.25) is 4.79 Å². The molecule has 1 aromatic carbocycles. The molecule has 1 aromatic rings. The molecule has 0 heterocycles. The van der Waals surface area contributed by atoms with Gasteiger partial charge in [-0.1, -0.05) is 26.0 Å². The number of carbonyl (C=O) groups is 2. The summed E-state index contributed by atoms with van der Waals surface area (Å²) in [5.74, 6) is -0.165. The molecule has 1 aliphatic rings. The molecule has 0 aliphatic heterocycles. The summed E-state index contributed by atoms with van der Waals surface area (Å²) >= 11 is 0. The van der Waals surface area contributed by atoms with E-state index < -0.39 is 11.0 Å². The minimum atomic E-state index is -0.927. The second-order valence-electron chi connectivity index (χ2n) is 7.97. The Morgan fingerprint density at radius 2 is 1.89 bits per heavy atom. The maximum Gasteiger partial charge on any atom is 0.319 e. The van der Waals surface area contributed by atoms with Crippen molar-refractivity contribution in [3.8, 4) is 0 Å². The predicted molar refractivity (Wildman–Crippen MR) is 106 cm³/mol. The van der Waals surface area contributed by atoms with Gasteiger partial charge in [-0.15, -0.1) is 0 Å². The Kier molecular flexibility index (Phi) is 6.49. The monoisotopic (exact) mass is 376 g/mol. The molecule has 0 aromatic heterocycles. The molecule has 0 radical (unpaired) electrons. The number of hydrogen-bond donors (Lipinski definition) is 4. The van der Waals surface area contributed by atoms with E-state index >= 15 is 0 Å². The van der Waals surface area contributed by atoms with E-state index in [0.29, 0.717) is 25.3 Å². The van der Waals surface area contributed by atoms with Gasteiger partial charge in [-0.05, 0) is 38.5 Å². The Morgan fingerprint density at radius 1 is 1.26 bits per heavy atom. The zero-order chi connectivity index (χ0) is 20.2.